The molecule has 0 fully saturated rings. The first kappa shape index (κ1) is 19.6. The molecule has 1 aromatic heterocycles. The molecule has 0 aliphatic heterocycles. The van der Waals surface area contributed by atoms with Crippen LogP contribution < -0.4 is 10.1 Å². The van der Waals surface area contributed by atoms with Crippen LogP contribution in [0.15, 0.2) is 59.5 Å². The van der Waals surface area contributed by atoms with Crippen molar-refractivity contribution in [3.63, 3.8) is 0 Å². The van der Waals surface area contributed by atoms with E-state index in [1.165, 1.54) is 6.08 Å². The fourth-order valence-corrected chi connectivity index (χ4v) is 3.14. The predicted octanol–water partition coefficient (Wildman–Crippen LogP) is 5.23. The van der Waals surface area contributed by atoms with E-state index in [0.717, 1.165) is 10.7 Å². The first-order chi connectivity index (χ1) is 13.5. The molecule has 0 bridgehead atoms. The lowest BCUT2D eigenvalue weighted by molar-refractivity contribution is -0.112. The van der Waals surface area contributed by atoms with Gasteiger partial charge < -0.3 is 10.1 Å². The van der Waals surface area contributed by atoms with E-state index in [9.17, 15) is 10.1 Å². The number of benzene rings is 2. The number of thiazole rings is 1. The number of hydrogen-bond acceptors (Lipinski definition) is 5. The van der Waals surface area contributed by atoms with E-state index >= 15 is 0 Å². The summed E-state index contributed by atoms with van der Waals surface area (Å²) in [4.78, 5) is 16.7. The normalized spacial score (nSPS) is 11.0. The predicted molar refractivity (Wildman–Crippen MR) is 111 cm³/mol. The number of carbonyl (C=O) groups excluding carboxylic acids is 1. The molecule has 0 spiro atoms. The van der Waals surface area contributed by atoms with Crippen LogP contribution in [0.1, 0.15) is 16.3 Å². The van der Waals surface area contributed by atoms with Crippen molar-refractivity contribution in [1.82, 2.24) is 4.98 Å². The number of nitriles is 1. The second kappa shape index (κ2) is 9.18. The number of nitrogens with zero attached hydrogens (tertiary/aromatic N) is 2. The van der Waals surface area contributed by atoms with Gasteiger partial charge in [-0.2, -0.15) is 5.26 Å². The van der Waals surface area contributed by atoms with Crippen molar-refractivity contribution >= 4 is 40.6 Å². The van der Waals surface area contributed by atoms with Gasteiger partial charge in [0.15, 0.2) is 0 Å². The number of ether oxygens (including phenoxy) is 1. The number of aryl methyl sites for hydroxylation is 1. The van der Waals surface area contributed by atoms with Crippen LogP contribution in [0.25, 0.3) is 6.08 Å². The van der Waals surface area contributed by atoms with Crippen molar-refractivity contribution < 1.29 is 9.53 Å². The van der Waals surface area contributed by atoms with Crippen LogP contribution >= 0.6 is 22.9 Å². The second-order valence-corrected chi connectivity index (χ2v) is 7.29. The van der Waals surface area contributed by atoms with E-state index in [-0.39, 0.29) is 5.57 Å². The largest absolute Gasteiger partial charge is 0.487 e. The molecule has 0 radical (unpaired) electrons. The molecule has 1 heterocycles. The van der Waals surface area contributed by atoms with Crippen LogP contribution in [-0.2, 0) is 11.4 Å². The van der Waals surface area contributed by atoms with Crippen molar-refractivity contribution in [3.8, 4) is 11.8 Å². The highest BCUT2D eigenvalue weighted by Crippen LogP contribution is 2.22. The summed E-state index contributed by atoms with van der Waals surface area (Å²) in [7, 11) is 0. The molecular formula is C21H16ClN3O2S. The Morgan fingerprint density at radius 2 is 2.04 bits per heavy atom. The smallest absolute Gasteiger partial charge is 0.266 e. The molecule has 0 saturated heterocycles. The molecule has 0 saturated carbocycles. The average molecular weight is 410 g/mol. The van der Waals surface area contributed by atoms with Crippen molar-refractivity contribution in [2.45, 2.75) is 13.5 Å². The third kappa shape index (κ3) is 5.19. The number of hydrogen-bond donors (Lipinski definition) is 1. The van der Waals surface area contributed by atoms with Crippen LogP contribution in [0, 0.1) is 18.3 Å². The third-order valence-corrected chi connectivity index (χ3v) is 4.88. The standard InChI is InChI=1S/C21H16ClN3O2S/c1-14-24-17(13-28-14)12-27-18-8-6-15(7-9-18)10-16(11-23)21(26)25-20-5-3-2-4-19(20)22/h2-10,13H,12H2,1H3,(H,25,26)/b16-10+. The van der Waals surface area contributed by atoms with Gasteiger partial charge in [-0.15, -0.1) is 11.3 Å². The highest BCUT2D eigenvalue weighted by Gasteiger charge is 2.11. The van der Waals surface area contributed by atoms with Gasteiger partial charge in [-0.05, 0) is 42.8 Å². The van der Waals surface area contributed by atoms with E-state index < -0.39 is 5.91 Å². The average Bonchev–Trinajstić information content (AvgIpc) is 3.12. The van der Waals surface area contributed by atoms with E-state index in [1.54, 1.807) is 59.9 Å². The van der Waals surface area contributed by atoms with Gasteiger partial charge in [-0.1, -0.05) is 35.9 Å². The lowest BCUT2D eigenvalue weighted by Crippen LogP contribution is -2.13. The Kier molecular flexibility index (Phi) is 6.43. The fraction of sp³-hybridized carbons (Fsp3) is 0.0952. The quantitative estimate of drug-likeness (QED) is 0.446. The van der Waals surface area contributed by atoms with Crippen molar-refractivity contribution in [2.75, 3.05) is 5.32 Å². The number of halogens is 1. The summed E-state index contributed by atoms with van der Waals surface area (Å²) >= 11 is 7.61. The van der Waals surface area contributed by atoms with Gasteiger partial charge in [-0.25, -0.2) is 4.98 Å². The Labute approximate surface area is 171 Å². The number of para-hydroxylation sites is 1. The highest BCUT2D eigenvalue weighted by atomic mass is 35.5. The summed E-state index contributed by atoms with van der Waals surface area (Å²) in [5.74, 6) is 0.164. The Morgan fingerprint density at radius 1 is 1.29 bits per heavy atom. The molecule has 0 aliphatic rings. The minimum Gasteiger partial charge on any atom is -0.487 e. The maximum Gasteiger partial charge on any atom is 0.266 e. The number of anilines is 1. The van der Waals surface area contributed by atoms with Crippen molar-refractivity contribution in [2.24, 2.45) is 0 Å². The second-order valence-electron chi connectivity index (χ2n) is 5.82. The zero-order chi connectivity index (χ0) is 19.9. The van der Waals surface area contributed by atoms with Crippen molar-refractivity contribution in [1.29, 1.82) is 5.26 Å². The molecule has 7 heteroatoms. The van der Waals surface area contributed by atoms with Gasteiger partial charge in [0, 0.05) is 5.38 Å². The summed E-state index contributed by atoms with van der Waals surface area (Å²) in [5, 5.41) is 15.3. The van der Waals surface area contributed by atoms with Crippen LogP contribution in [0.2, 0.25) is 5.02 Å². The Bertz CT molecular complexity index is 1050. The van der Waals surface area contributed by atoms with Gasteiger partial charge in [0.05, 0.1) is 21.4 Å². The molecule has 5 nitrogen and oxygen atoms in total. The molecule has 0 atom stereocenters. The molecule has 1 N–H and O–H groups in total. The lowest BCUT2D eigenvalue weighted by Gasteiger charge is -2.07. The molecule has 0 unspecified atom stereocenters. The SMILES string of the molecule is Cc1nc(COc2ccc(/C=C(\C#N)C(=O)Nc3ccccc3Cl)cc2)cs1. The molecule has 28 heavy (non-hydrogen) atoms. The van der Waals surface area contributed by atoms with Gasteiger partial charge in [0.2, 0.25) is 0 Å². The minimum atomic E-state index is -0.519. The molecule has 140 valence electrons. The zero-order valence-corrected chi connectivity index (χ0v) is 16.6. The third-order valence-electron chi connectivity index (χ3n) is 3.73. The topological polar surface area (TPSA) is 75.0 Å². The lowest BCUT2D eigenvalue weighted by atomic mass is 10.1. The molecule has 2 aromatic carbocycles. The van der Waals surface area contributed by atoms with Gasteiger partial charge in [0.25, 0.3) is 5.91 Å². The van der Waals surface area contributed by atoms with Gasteiger partial charge in [-0.3, -0.25) is 4.79 Å². The van der Waals surface area contributed by atoms with E-state index in [4.69, 9.17) is 16.3 Å². The Balaban J connectivity index is 1.66. The fourth-order valence-electron chi connectivity index (χ4n) is 2.36. The summed E-state index contributed by atoms with van der Waals surface area (Å²) in [6.45, 7) is 2.34. The number of aromatic nitrogens is 1. The number of nitrogens with one attached hydrogen (secondary N) is 1. The maximum atomic E-state index is 12.3. The molecule has 3 rings (SSSR count). The molecule has 3 aromatic rings. The van der Waals surface area contributed by atoms with E-state index in [2.05, 4.69) is 10.3 Å². The van der Waals surface area contributed by atoms with Gasteiger partial charge in [0.1, 0.15) is 24.0 Å². The monoisotopic (exact) mass is 409 g/mol. The van der Waals surface area contributed by atoms with Crippen LogP contribution in [0.4, 0.5) is 5.69 Å². The Morgan fingerprint density at radius 3 is 2.68 bits per heavy atom. The highest BCUT2D eigenvalue weighted by molar-refractivity contribution is 7.09. The van der Waals surface area contributed by atoms with E-state index in [0.29, 0.717) is 28.6 Å². The summed E-state index contributed by atoms with van der Waals surface area (Å²) in [6.07, 6.45) is 1.51. The number of rotatable bonds is 6. The maximum absolute atomic E-state index is 12.3. The summed E-state index contributed by atoms with van der Waals surface area (Å²) in [6, 6.07) is 15.9. The zero-order valence-electron chi connectivity index (χ0n) is 15.0. The number of carbonyl (C=O) groups is 1. The molecule has 0 aliphatic carbocycles. The summed E-state index contributed by atoms with van der Waals surface area (Å²) < 4.78 is 5.70. The Hall–Kier alpha value is -3.14. The van der Waals surface area contributed by atoms with Gasteiger partial charge >= 0.3 is 0 Å². The van der Waals surface area contributed by atoms with E-state index in [1.807, 2.05) is 18.4 Å². The first-order valence-electron chi connectivity index (χ1n) is 8.36. The van der Waals surface area contributed by atoms with Crippen LogP contribution in [-0.4, -0.2) is 10.9 Å². The van der Waals surface area contributed by atoms with Crippen molar-refractivity contribution in [3.05, 3.63) is 80.8 Å². The van der Waals surface area contributed by atoms with Crippen LogP contribution in [0.5, 0.6) is 5.75 Å². The first-order valence-corrected chi connectivity index (χ1v) is 9.62. The number of amides is 1. The minimum absolute atomic E-state index is 0.0217. The summed E-state index contributed by atoms with van der Waals surface area (Å²) in [5.41, 5.74) is 2.03. The van der Waals surface area contributed by atoms with Crippen LogP contribution in [0.3, 0.4) is 0 Å². The molecular weight excluding hydrogens is 394 g/mol. The molecule has 1 amide bonds.